The first-order valence-electron chi connectivity index (χ1n) is 5.26. The van der Waals surface area contributed by atoms with E-state index in [1.165, 1.54) is 0 Å². The van der Waals surface area contributed by atoms with Gasteiger partial charge < -0.3 is 5.21 Å². The number of nitro groups is 1. The fourth-order valence-corrected chi connectivity index (χ4v) is 1.86. The van der Waals surface area contributed by atoms with E-state index >= 15 is 0 Å². The molecule has 2 aromatic rings. The second kappa shape index (κ2) is 4.33. The number of halogens is 3. The third-order valence-electron chi connectivity index (χ3n) is 2.84. The van der Waals surface area contributed by atoms with Crippen LogP contribution in [0.25, 0.3) is 11.0 Å². The maximum atomic E-state index is 12.7. The highest BCUT2D eigenvalue weighted by Crippen LogP contribution is 2.35. The van der Waals surface area contributed by atoms with Crippen molar-refractivity contribution in [1.29, 1.82) is 0 Å². The molecule has 0 saturated heterocycles. The molecule has 0 amide bonds. The van der Waals surface area contributed by atoms with Gasteiger partial charge in [0.15, 0.2) is 5.52 Å². The van der Waals surface area contributed by atoms with Crippen LogP contribution >= 0.6 is 0 Å². The van der Waals surface area contributed by atoms with Gasteiger partial charge in [-0.25, -0.2) is 0 Å². The molecule has 0 radical (unpaired) electrons. The van der Waals surface area contributed by atoms with Crippen molar-refractivity contribution in [3.05, 3.63) is 48.5 Å². The van der Waals surface area contributed by atoms with Crippen molar-refractivity contribution in [1.82, 2.24) is 9.30 Å². The van der Waals surface area contributed by atoms with Crippen LogP contribution in [0.15, 0.2) is 21.7 Å². The lowest BCUT2D eigenvalue weighted by Crippen LogP contribution is -2.40. The third kappa shape index (κ3) is 2.11. The number of hydrogen-bond acceptors (Lipinski definition) is 5. The van der Waals surface area contributed by atoms with Gasteiger partial charge in [0, 0.05) is 13.1 Å². The molecule has 0 spiro atoms. The highest BCUT2D eigenvalue weighted by molar-refractivity contribution is 5.85. The fraction of sp³-hybridized carbons (Fsp3) is 0.200. The number of nitro benzene ring substituents is 1. The van der Waals surface area contributed by atoms with E-state index in [9.17, 15) is 38.1 Å². The molecule has 0 unspecified atom stereocenters. The van der Waals surface area contributed by atoms with Crippen LogP contribution in [0.5, 0.6) is 0 Å². The highest BCUT2D eigenvalue weighted by atomic mass is 19.4. The maximum Gasteiger partial charge on any atom is 0.416 e. The average Bonchev–Trinajstić information content (AvgIpc) is 2.40. The van der Waals surface area contributed by atoms with E-state index in [4.69, 9.17) is 0 Å². The molecule has 1 aromatic heterocycles. The van der Waals surface area contributed by atoms with Gasteiger partial charge in [0.05, 0.1) is 10.5 Å². The monoisotopic (exact) mass is 305 g/mol. The summed E-state index contributed by atoms with van der Waals surface area (Å²) in [5.74, 6) is 0. The lowest BCUT2D eigenvalue weighted by atomic mass is 10.1. The standard InChI is InChI=1S/C10H6F3N3O5/c1-14-7-5(15(19)9(18)8(14)17)2-4(10(11,12)13)3-6(7)16(20)21/h2-3,19H,1H3. The second-order valence-corrected chi connectivity index (χ2v) is 4.10. The second-order valence-electron chi connectivity index (χ2n) is 4.10. The number of fused-ring (bicyclic) bond motifs is 1. The van der Waals surface area contributed by atoms with Crippen molar-refractivity contribution in [3.8, 4) is 0 Å². The molecule has 2 rings (SSSR count). The van der Waals surface area contributed by atoms with Crippen molar-refractivity contribution < 1.29 is 23.3 Å². The Balaban J connectivity index is 3.15. The van der Waals surface area contributed by atoms with Crippen LogP contribution in [-0.2, 0) is 13.2 Å². The van der Waals surface area contributed by atoms with Crippen molar-refractivity contribution in [2.75, 3.05) is 0 Å². The van der Waals surface area contributed by atoms with Crippen LogP contribution in [0, 0.1) is 10.1 Å². The number of hydrogen-bond donors (Lipinski definition) is 1. The van der Waals surface area contributed by atoms with E-state index in [-0.39, 0.29) is 10.8 Å². The zero-order valence-corrected chi connectivity index (χ0v) is 10.2. The Morgan fingerprint density at radius 3 is 2.29 bits per heavy atom. The molecule has 0 fully saturated rings. The summed E-state index contributed by atoms with van der Waals surface area (Å²) < 4.78 is 38.3. The molecule has 0 aliphatic rings. The van der Waals surface area contributed by atoms with Gasteiger partial charge >= 0.3 is 17.3 Å². The summed E-state index contributed by atoms with van der Waals surface area (Å²) in [5, 5.41) is 20.4. The smallest absolute Gasteiger partial charge is 0.416 e. The average molecular weight is 305 g/mol. The molecule has 0 bridgehead atoms. The molecule has 0 aliphatic heterocycles. The first-order valence-corrected chi connectivity index (χ1v) is 5.26. The molecule has 8 nitrogen and oxygen atoms in total. The summed E-state index contributed by atoms with van der Waals surface area (Å²) in [6.07, 6.45) is -4.93. The Morgan fingerprint density at radius 1 is 1.24 bits per heavy atom. The summed E-state index contributed by atoms with van der Waals surface area (Å²) in [6.45, 7) is 0. The molecule has 0 saturated carbocycles. The predicted molar refractivity (Wildman–Crippen MR) is 62.3 cm³/mol. The number of nitrogens with zero attached hydrogens (tertiary/aromatic N) is 3. The van der Waals surface area contributed by atoms with E-state index in [0.29, 0.717) is 10.6 Å². The molecule has 21 heavy (non-hydrogen) atoms. The van der Waals surface area contributed by atoms with Crippen LogP contribution in [0.1, 0.15) is 5.56 Å². The summed E-state index contributed by atoms with van der Waals surface area (Å²) >= 11 is 0. The highest BCUT2D eigenvalue weighted by Gasteiger charge is 2.34. The van der Waals surface area contributed by atoms with E-state index in [0.717, 1.165) is 7.05 Å². The number of rotatable bonds is 1. The Morgan fingerprint density at radius 2 is 1.81 bits per heavy atom. The third-order valence-corrected chi connectivity index (χ3v) is 2.84. The molecule has 1 heterocycles. The van der Waals surface area contributed by atoms with Gasteiger partial charge in [0.25, 0.3) is 5.69 Å². The van der Waals surface area contributed by atoms with Crippen molar-refractivity contribution in [2.24, 2.45) is 7.05 Å². The predicted octanol–water partition coefficient (Wildman–Crippen LogP) is 0.864. The van der Waals surface area contributed by atoms with E-state index in [1.54, 1.807) is 0 Å². The van der Waals surface area contributed by atoms with Crippen LogP contribution < -0.4 is 11.1 Å². The SMILES string of the molecule is Cn1c(=O)c(=O)n(O)c2cc(C(F)(F)F)cc([N+](=O)[O-])c21. The van der Waals surface area contributed by atoms with Crippen molar-refractivity contribution in [3.63, 3.8) is 0 Å². The Hall–Kier alpha value is -2.85. The van der Waals surface area contributed by atoms with Gasteiger partial charge in [-0.2, -0.15) is 13.2 Å². The van der Waals surface area contributed by atoms with Gasteiger partial charge in [-0.1, -0.05) is 0 Å². The first-order chi connectivity index (χ1) is 9.55. The summed E-state index contributed by atoms with van der Waals surface area (Å²) in [7, 11) is 0.979. The van der Waals surface area contributed by atoms with E-state index < -0.39 is 44.5 Å². The lowest BCUT2D eigenvalue weighted by molar-refractivity contribution is -0.383. The molecule has 11 heteroatoms. The van der Waals surface area contributed by atoms with E-state index in [1.807, 2.05) is 0 Å². The van der Waals surface area contributed by atoms with Gasteiger partial charge in [-0.15, -0.1) is 4.73 Å². The molecule has 0 atom stereocenters. The quantitative estimate of drug-likeness (QED) is 0.364. The van der Waals surface area contributed by atoms with Gasteiger partial charge in [0.1, 0.15) is 5.52 Å². The number of alkyl halides is 3. The molecule has 1 N–H and O–H groups in total. The fourth-order valence-electron chi connectivity index (χ4n) is 1.86. The van der Waals surface area contributed by atoms with Gasteiger partial charge in [0.2, 0.25) is 0 Å². The molecular formula is C10H6F3N3O5. The first kappa shape index (κ1) is 14.6. The van der Waals surface area contributed by atoms with E-state index in [2.05, 4.69) is 0 Å². The minimum Gasteiger partial charge on any atom is -0.425 e. The number of benzene rings is 1. The molecule has 1 aromatic carbocycles. The van der Waals surface area contributed by atoms with Crippen LogP contribution in [0.3, 0.4) is 0 Å². The summed E-state index contributed by atoms with van der Waals surface area (Å²) in [5.41, 5.74) is -6.69. The minimum atomic E-state index is -4.93. The number of aromatic nitrogens is 2. The lowest BCUT2D eigenvalue weighted by Gasteiger charge is -2.11. The Bertz CT molecular complexity index is 881. The van der Waals surface area contributed by atoms with Gasteiger partial charge in [-0.3, -0.25) is 24.3 Å². The van der Waals surface area contributed by atoms with Crippen molar-refractivity contribution in [2.45, 2.75) is 6.18 Å². The number of non-ortho nitro benzene ring substituents is 1. The topological polar surface area (TPSA) is 107 Å². The minimum absolute atomic E-state index is 0.228. The Labute approximate surface area is 112 Å². The molecule has 112 valence electrons. The summed E-state index contributed by atoms with van der Waals surface area (Å²) in [4.78, 5) is 32.6. The normalized spacial score (nSPS) is 11.8. The van der Waals surface area contributed by atoms with Crippen molar-refractivity contribution >= 4 is 16.7 Å². The molecule has 0 aliphatic carbocycles. The Kier molecular flexibility index (Phi) is 3.00. The maximum absolute atomic E-state index is 12.7. The van der Waals surface area contributed by atoms with Crippen LogP contribution in [0.4, 0.5) is 18.9 Å². The van der Waals surface area contributed by atoms with Crippen LogP contribution in [0.2, 0.25) is 0 Å². The molecular weight excluding hydrogens is 299 g/mol. The zero-order chi connectivity index (χ0) is 16.1. The zero-order valence-electron chi connectivity index (χ0n) is 10.2. The van der Waals surface area contributed by atoms with Crippen LogP contribution in [-0.4, -0.2) is 19.4 Å². The largest absolute Gasteiger partial charge is 0.425 e. The summed E-state index contributed by atoms with van der Waals surface area (Å²) in [6, 6.07) is 0.579. The number of aryl methyl sites for hydroxylation is 1. The van der Waals surface area contributed by atoms with Gasteiger partial charge in [-0.05, 0) is 6.07 Å².